The summed E-state index contributed by atoms with van der Waals surface area (Å²) in [5, 5.41) is 8.23. The van der Waals surface area contributed by atoms with E-state index in [-0.39, 0.29) is 0 Å². The molecule has 0 saturated heterocycles. The molecule has 0 aliphatic heterocycles. The van der Waals surface area contributed by atoms with Gasteiger partial charge in [0.2, 0.25) is 6.10 Å². The van der Waals surface area contributed by atoms with E-state index < -0.39 is 40.5 Å². The number of alkyl halides is 3. The van der Waals surface area contributed by atoms with Crippen LogP contribution in [0.2, 0.25) is 0 Å². The van der Waals surface area contributed by atoms with E-state index >= 15 is 0 Å². The lowest BCUT2D eigenvalue weighted by Crippen LogP contribution is -2.14. The van der Waals surface area contributed by atoms with Crippen molar-refractivity contribution < 1.29 is 27.4 Å². The minimum atomic E-state index is -4.68. The lowest BCUT2D eigenvalue weighted by molar-refractivity contribution is -0.149. The van der Waals surface area contributed by atoms with Crippen molar-refractivity contribution in [3.05, 3.63) is 71.3 Å². The third-order valence-electron chi connectivity index (χ3n) is 5.25. The second-order valence-electron chi connectivity index (χ2n) is 7.77. The number of hydrogen-bond acceptors (Lipinski definition) is 4. The standard InChI is InChI=1S/C23H19ClF3NO3/c1-22(2)17(12-19(24)23(25,26)27)20(22)21(29)31-18(13-28)14-7-6-10-16(11-14)30-15-8-4-3-5-9-15/h3-12,17-18,20H,1-2H3/b19-12+. The molecule has 3 rings (SSSR count). The van der Waals surface area contributed by atoms with Gasteiger partial charge in [-0.2, -0.15) is 18.4 Å². The number of para-hydroxylation sites is 1. The number of carbonyl (C=O) groups is 1. The van der Waals surface area contributed by atoms with Crippen LogP contribution in [-0.4, -0.2) is 12.1 Å². The van der Waals surface area contributed by atoms with Crippen molar-refractivity contribution >= 4 is 17.6 Å². The van der Waals surface area contributed by atoms with Gasteiger partial charge in [0.1, 0.15) is 22.6 Å². The van der Waals surface area contributed by atoms with Crippen molar-refractivity contribution in [3.8, 4) is 17.6 Å². The van der Waals surface area contributed by atoms with Crippen molar-refractivity contribution in [1.82, 2.24) is 0 Å². The highest BCUT2D eigenvalue weighted by atomic mass is 35.5. The highest BCUT2D eigenvalue weighted by Crippen LogP contribution is 2.60. The summed E-state index contributed by atoms with van der Waals surface area (Å²) in [6.45, 7) is 3.30. The molecular weight excluding hydrogens is 431 g/mol. The Hall–Kier alpha value is -2.98. The summed E-state index contributed by atoms with van der Waals surface area (Å²) < 4.78 is 49.2. The number of benzene rings is 2. The molecule has 3 atom stereocenters. The average molecular weight is 450 g/mol. The summed E-state index contributed by atoms with van der Waals surface area (Å²) in [7, 11) is 0. The molecule has 0 bridgehead atoms. The van der Waals surface area contributed by atoms with Gasteiger partial charge < -0.3 is 9.47 Å². The number of halogens is 4. The predicted molar refractivity (Wildman–Crippen MR) is 108 cm³/mol. The summed E-state index contributed by atoms with van der Waals surface area (Å²) in [6, 6.07) is 17.4. The molecule has 4 nitrogen and oxygen atoms in total. The Morgan fingerprint density at radius 2 is 1.81 bits per heavy atom. The minimum absolute atomic E-state index is 0.392. The molecule has 31 heavy (non-hydrogen) atoms. The first-order chi connectivity index (χ1) is 14.5. The van der Waals surface area contributed by atoms with Crippen LogP contribution in [0, 0.1) is 28.6 Å². The quantitative estimate of drug-likeness (QED) is 0.469. The molecule has 1 aliphatic rings. The maximum absolute atomic E-state index is 12.7. The number of nitriles is 1. The van der Waals surface area contributed by atoms with E-state index in [1.165, 1.54) is 0 Å². The number of ether oxygens (including phenoxy) is 2. The SMILES string of the molecule is CC1(C)C(/C=C(/Cl)C(F)(F)F)C1C(=O)OC(C#N)c1cccc(Oc2ccccc2)c1. The Morgan fingerprint density at radius 1 is 1.16 bits per heavy atom. The Kier molecular flexibility index (Phi) is 6.33. The number of rotatable bonds is 6. The number of allylic oxidation sites excluding steroid dienone is 2. The molecule has 1 saturated carbocycles. The largest absolute Gasteiger partial charge is 0.457 e. The van der Waals surface area contributed by atoms with Crippen molar-refractivity contribution in [2.45, 2.75) is 26.1 Å². The van der Waals surface area contributed by atoms with Crippen LogP contribution >= 0.6 is 11.6 Å². The zero-order valence-electron chi connectivity index (χ0n) is 16.7. The zero-order chi connectivity index (χ0) is 22.8. The Balaban J connectivity index is 1.72. The van der Waals surface area contributed by atoms with Crippen molar-refractivity contribution in [2.24, 2.45) is 17.3 Å². The third kappa shape index (κ3) is 5.20. The van der Waals surface area contributed by atoms with Crippen LogP contribution in [0.3, 0.4) is 0 Å². The van der Waals surface area contributed by atoms with Gasteiger partial charge in [-0.1, -0.05) is 61.9 Å². The van der Waals surface area contributed by atoms with E-state index in [4.69, 9.17) is 21.1 Å². The second-order valence-corrected chi connectivity index (χ2v) is 8.18. The van der Waals surface area contributed by atoms with Crippen molar-refractivity contribution in [2.75, 3.05) is 0 Å². The van der Waals surface area contributed by atoms with E-state index in [1.807, 2.05) is 24.3 Å². The first-order valence-corrected chi connectivity index (χ1v) is 9.79. The molecule has 2 aromatic rings. The van der Waals surface area contributed by atoms with Gasteiger partial charge in [0.05, 0.1) is 5.92 Å². The minimum Gasteiger partial charge on any atom is -0.457 e. The maximum Gasteiger partial charge on any atom is 0.426 e. The topological polar surface area (TPSA) is 59.3 Å². The highest BCUT2D eigenvalue weighted by Gasteiger charge is 2.62. The van der Waals surface area contributed by atoms with Gasteiger partial charge in [-0.05, 0) is 35.6 Å². The number of hydrogen-bond donors (Lipinski definition) is 0. The van der Waals surface area contributed by atoms with Gasteiger partial charge >= 0.3 is 12.1 Å². The first kappa shape index (κ1) is 22.7. The Morgan fingerprint density at radius 3 is 2.42 bits per heavy atom. The molecule has 0 amide bonds. The van der Waals surface area contributed by atoms with Crippen LogP contribution in [-0.2, 0) is 9.53 Å². The monoisotopic (exact) mass is 449 g/mol. The van der Waals surface area contributed by atoms with Crippen LogP contribution < -0.4 is 4.74 Å². The zero-order valence-corrected chi connectivity index (χ0v) is 17.4. The molecule has 0 aromatic heterocycles. The molecule has 3 unspecified atom stereocenters. The molecule has 2 aromatic carbocycles. The molecule has 8 heteroatoms. The number of carbonyl (C=O) groups excluding carboxylic acids is 1. The van der Waals surface area contributed by atoms with Crippen LogP contribution in [0.15, 0.2) is 65.7 Å². The van der Waals surface area contributed by atoms with Gasteiger partial charge in [0, 0.05) is 5.56 Å². The van der Waals surface area contributed by atoms with Crippen molar-refractivity contribution in [3.63, 3.8) is 0 Å². The summed E-state index contributed by atoms with van der Waals surface area (Å²) in [4.78, 5) is 12.6. The molecule has 0 spiro atoms. The molecular formula is C23H19ClF3NO3. The van der Waals surface area contributed by atoms with E-state index in [9.17, 15) is 23.2 Å². The number of nitrogens with zero attached hydrogens (tertiary/aromatic N) is 1. The van der Waals surface area contributed by atoms with E-state index in [0.717, 1.165) is 6.08 Å². The normalized spacial score (nSPS) is 21.0. The number of esters is 1. The Bertz CT molecular complexity index is 1030. The highest BCUT2D eigenvalue weighted by molar-refractivity contribution is 6.30. The van der Waals surface area contributed by atoms with E-state index in [0.29, 0.717) is 17.1 Å². The molecule has 162 valence electrons. The summed E-state index contributed by atoms with van der Waals surface area (Å²) in [6.07, 6.45) is -5.07. The Labute approximate surface area is 182 Å². The smallest absolute Gasteiger partial charge is 0.426 e. The van der Waals surface area contributed by atoms with Gasteiger partial charge in [0.15, 0.2) is 0 Å². The van der Waals surface area contributed by atoms with Crippen LogP contribution in [0.4, 0.5) is 13.2 Å². The van der Waals surface area contributed by atoms with E-state index in [1.54, 1.807) is 50.2 Å². The fourth-order valence-electron chi connectivity index (χ4n) is 3.42. The summed E-state index contributed by atoms with van der Waals surface area (Å²) >= 11 is 5.32. The molecule has 1 aliphatic carbocycles. The second kappa shape index (κ2) is 8.64. The maximum atomic E-state index is 12.7. The third-order valence-corrected chi connectivity index (χ3v) is 5.59. The van der Waals surface area contributed by atoms with Crippen LogP contribution in [0.25, 0.3) is 0 Å². The first-order valence-electron chi connectivity index (χ1n) is 9.41. The summed E-state index contributed by atoms with van der Waals surface area (Å²) in [5.41, 5.74) is -0.371. The van der Waals surface area contributed by atoms with Crippen molar-refractivity contribution in [1.29, 1.82) is 5.26 Å². The average Bonchev–Trinajstić information content (AvgIpc) is 3.26. The molecule has 0 radical (unpaired) electrons. The summed E-state index contributed by atoms with van der Waals surface area (Å²) in [5.74, 6) is -1.27. The van der Waals surface area contributed by atoms with Gasteiger partial charge in [-0.15, -0.1) is 0 Å². The molecule has 0 heterocycles. The van der Waals surface area contributed by atoms with E-state index in [2.05, 4.69) is 0 Å². The molecule has 0 N–H and O–H groups in total. The van der Waals surface area contributed by atoms with Gasteiger partial charge in [0.25, 0.3) is 0 Å². The van der Waals surface area contributed by atoms with Crippen LogP contribution in [0.5, 0.6) is 11.5 Å². The van der Waals surface area contributed by atoms with Crippen LogP contribution in [0.1, 0.15) is 25.5 Å². The predicted octanol–water partition coefficient (Wildman–Crippen LogP) is 6.54. The lowest BCUT2D eigenvalue weighted by atomic mass is 10.1. The molecule has 1 fully saturated rings. The van der Waals surface area contributed by atoms with Gasteiger partial charge in [-0.25, -0.2) is 0 Å². The lowest BCUT2D eigenvalue weighted by Gasteiger charge is -2.13. The van der Waals surface area contributed by atoms with Gasteiger partial charge in [-0.3, -0.25) is 4.79 Å². The fourth-order valence-corrected chi connectivity index (χ4v) is 3.55. The fraction of sp³-hybridized carbons (Fsp3) is 0.304.